The molecule has 0 N–H and O–H groups in total. The largest absolute Gasteiger partial charge is 0.376 e. The molecule has 0 radical (unpaired) electrons. The molecule has 0 spiro atoms. The Balaban J connectivity index is 1.74. The van der Waals surface area contributed by atoms with Crippen LogP contribution in [0.1, 0.15) is 38.5 Å². The molecule has 3 nitrogen and oxygen atoms in total. The van der Waals surface area contributed by atoms with E-state index < -0.39 is 0 Å². The number of ketones is 1. The molecule has 15 heavy (non-hydrogen) atoms. The van der Waals surface area contributed by atoms with Crippen molar-refractivity contribution in [2.45, 2.75) is 44.6 Å². The molecule has 3 heteroatoms. The second-order valence-electron chi connectivity index (χ2n) is 4.61. The summed E-state index contributed by atoms with van der Waals surface area (Å²) >= 11 is 0. The second-order valence-corrected chi connectivity index (χ2v) is 4.61. The van der Waals surface area contributed by atoms with Crippen LogP contribution in [-0.2, 0) is 14.3 Å². The zero-order chi connectivity index (χ0) is 10.5. The first-order valence-corrected chi connectivity index (χ1v) is 6.08. The van der Waals surface area contributed by atoms with E-state index in [0.717, 1.165) is 0 Å². The first kappa shape index (κ1) is 11.1. The highest BCUT2D eigenvalue weighted by Crippen LogP contribution is 2.27. The monoisotopic (exact) mass is 212 g/mol. The Bertz CT molecular complexity index is 203. The van der Waals surface area contributed by atoms with Crippen molar-refractivity contribution in [1.82, 2.24) is 0 Å². The van der Waals surface area contributed by atoms with E-state index in [1.165, 1.54) is 32.1 Å². The van der Waals surface area contributed by atoms with Crippen LogP contribution in [0.2, 0.25) is 0 Å². The summed E-state index contributed by atoms with van der Waals surface area (Å²) in [7, 11) is 0. The molecule has 2 fully saturated rings. The molecule has 1 atom stereocenters. The van der Waals surface area contributed by atoms with Gasteiger partial charge in [-0.05, 0) is 5.92 Å². The van der Waals surface area contributed by atoms with Crippen LogP contribution in [0.3, 0.4) is 0 Å². The maximum absolute atomic E-state index is 11.9. The van der Waals surface area contributed by atoms with Gasteiger partial charge in [0.05, 0.1) is 19.8 Å². The van der Waals surface area contributed by atoms with Crippen LogP contribution in [0.5, 0.6) is 0 Å². The number of Topliss-reactive ketones (excluding diaryl/α,β-unsaturated/α-hetero) is 1. The van der Waals surface area contributed by atoms with E-state index in [1.807, 2.05) is 0 Å². The molecular formula is C12H20O3. The summed E-state index contributed by atoms with van der Waals surface area (Å²) in [5, 5.41) is 0. The lowest BCUT2D eigenvalue weighted by Gasteiger charge is -2.25. The predicted molar refractivity (Wildman–Crippen MR) is 56.8 cm³/mol. The van der Waals surface area contributed by atoms with Crippen LogP contribution < -0.4 is 0 Å². The van der Waals surface area contributed by atoms with Crippen molar-refractivity contribution in [3.63, 3.8) is 0 Å². The Morgan fingerprint density at radius 1 is 1.13 bits per heavy atom. The zero-order valence-corrected chi connectivity index (χ0v) is 9.24. The van der Waals surface area contributed by atoms with E-state index in [4.69, 9.17) is 9.47 Å². The fourth-order valence-electron chi connectivity index (χ4n) is 2.48. The lowest BCUT2D eigenvalue weighted by atomic mass is 9.85. The van der Waals surface area contributed by atoms with Crippen LogP contribution in [0.15, 0.2) is 0 Å². The fraction of sp³-hybridized carbons (Fsp3) is 0.917. The smallest absolute Gasteiger partial charge is 0.164 e. The third-order valence-electron chi connectivity index (χ3n) is 3.39. The van der Waals surface area contributed by atoms with Gasteiger partial charge < -0.3 is 9.47 Å². The van der Waals surface area contributed by atoms with Gasteiger partial charge in [0.2, 0.25) is 0 Å². The Morgan fingerprint density at radius 3 is 2.60 bits per heavy atom. The third kappa shape index (κ3) is 3.28. The molecule has 0 bridgehead atoms. The van der Waals surface area contributed by atoms with E-state index in [1.54, 1.807) is 0 Å². The van der Waals surface area contributed by atoms with Gasteiger partial charge in [-0.15, -0.1) is 0 Å². The molecule has 0 aromatic heterocycles. The maximum Gasteiger partial charge on any atom is 0.164 e. The molecular weight excluding hydrogens is 192 g/mol. The van der Waals surface area contributed by atoms with Crippen LogP contribution >= 0.6 is 0 Å². The average Bonchev–Trinajstić information content (AvgIpc) is 2.31. The third-order valence-corrected chi connectivity index (χ3v) is 3.39. The van der Waals surface area contributed by atoms with Gasteiger partial charge in [0.1, 0.15) is 6.10 Å². The van der Waals surface area contributed by atoms with Crippen LogP contribution in [0.25, 0.3) is 0 Å². The molecule has 1 heterocycles. The molecule has 1 unspecified atom stereocenters. The molecule has 0 aromatic rings. The predicted octanol–water partition coefficient (Wildman–Crippen LogP) is 1.94. The molecule has 1 saturated carbocycles. The number of carbonyl (C=O) groups excluding carboxylic acids is 1. The summed E-state index contributed by atoms with van der Waals surface area (Å²) in [6.45, 7) is 1.67. The van der Waals surface area contributed by atoms with E-state index >= 15 is 0 Å². The lowest BCUT2D eigenvalue weighted by molar-refractivity contribution is -0.146. The van der Waals surface area contributed by atoms with Gasteiger partial charge in [-0.1, -0.05) is 32.1 Å². The summed E-state index contributed by atoms with van der Waals surface area (Å²) in [6.07, 6.45) is 6.79. The van der Waals surface area contributed by atoms with Gasteiger partial charge in [-0.2, -0.15) is 0 Å². The second kappa shape index (κ2) is 5.61. The maximum atomic E-state index is 11.9. The summed E-state index contributed by atoms with van der Waals surface area (Å²) in [5.41, 5.74) is 0. The van der Waals surface area contributed by atoms with Gasteiger partial charge in [-0.25, -0.2) is 0 Å². The van der Waals surface area contributed by atoms with Gasteiger partial charge >= 0.3 is 0 Å². The van der Waals surface area contributed by atoms with E-state index in [0.29, 0.717) is 32.2 Å². The van der Waals surface area contributed by atoms with Crippen molar-refractivity contribution in [2.75, 3.05) is 19.8 Å². The highest BCUT2D eigenvalue weighted by Gasteiger charge is 2.25. The number of ether oxygens (including phenoxy) is 2. The van der Waals surface area contributed by atoms with Crippen LogP contribution in [-0.4, -0.2) is 31.7 Å². The van der Waals surface area contributed by atoms with Gasteiger partial charge in [-0.3, -0.25) is 4.79 Å². The Hall–Kier alpha value is -0.410. The highest BCUT2D eigenvalue weighted by atomic mass is 16.6. The Kier molecular flexibility index (Phi) is 4.15. The number of rotatable bonds is 3. The average molecular weight is 212 g/mol. The van der Waals surface area contributed by atoms with Gasteiger partial charge in [0, 0.05) is 6.42 Å². The molecule has 0 amide bonds. The number of carbonyl (C=O) groups is 1. The normalized spacial score (nSPS) is 28.9. The topological polar surface area (TPSA) is 35.5 Å². The minimum atomic E-state index is -0.277. The van der Waals surface area contributed by atoms with Crippen LogP contribution in [0, 0.1) is 5.92 Å². The number of hydrogen-bond acceptors (Lipinski definition) is 3. The molecule has 86 valence electrons. The molecule has 0 aromatic carbocycles. The summed E-state index contributed by atoms with van der Waals surface area (Å²) in [5.74, 6) is 0.860. The van der Waals surface area contributed by atoms with Crippen molar-refractivity contribution in [2.24, 2.45) is 5.92 Å². The summed E-state index contributed by atoms with van der Waals surface area (Å²) in [4.78, 5) is 11.9. The van der Waals surface area contributed by atoms with E-state index in [2.05, 4.69) is 0 Å². The molecule has 1 aliphatic heterocycles. The van der Waals surface area contributed by atoms with Crippen molar-refractivity contribution >= 4 is 5.78 Å². The van der Waals surface area contributed by atoms with Crippen molar-refractivity contribution in [1.29, 1.82) is 0 Å². The van der Waals surface area contributed by atoms with E-state index in [-0.39, 0.29) is 11.9 Å². The zero-order valence-electron chi connectivity index (χ0n) is 9.24. The molecule has 1 saturated heterocycles. The summed E-state index contributed by atoms with van der Waals surface area (Å²) in [6, 6.07) is 0. The lowest BCUT2D eigenvalue weighted by Crippen LogP contribution is -2.36. The Morgan fingerprint density at radius 2 is 1.93 bits per heavy atom. The number of hydrogen-bond donors (Lipinski definition) is 0. The van der Waals surface area contributed by atoms with Crippen LogP contribution in [0.4, 0.5) is 0 Å². The minimum absolute atomic E-state index is 0.251. The fourth-order valence-corrected chi connectivity index (χ4v) is 2.48. The van der Waals surface area contributed by atoms with Gasteiger partial charge in [0.25, 0.3) is 0 Å². The van der Waals surface area contributed by atoms with Crippen molar-refractivity contribution in [3.05, 3.63) is 0 Å². The van der Waals surface area contributed by atoms with Crippen molar-refractivity contribution in [3.8, 4) is 0 Å². The molecule has 1 aliphatic carbocycles. The first-order chi connectivity index (χ1) is 7.36. The highest BCUT2D eigenvalue weighted by molar-refractivity contribution is 5.83. The quantitative estimate of drug-likeness (QED) is 0.717. The minimum Gasteiger partial charge on any atom is -0.376 e. The van der Waals surface area contributed by atoms with E-state index in [9.17, 15) is 4.79 Å². The first-order valence-electron chi connectivity index (χ1n) is 6.08. The SMILES string of the molecule is O=C(CC1CCCCC1)C1COCCO1. The molecule has 2 aliphatic rings. The Labute approximate surface area is 91.1 Å². The summed E-state index contributed by atoms with van der Waals surface area (Å²) < 4.78 is 10.7. The standard InChI is InChI=1S/C12H20O3/c13-11(12-9-14-6-7-15-12)8-10-4-2-1-3-5-10/h10,12H,1-9H2. The van der Waals surface area contributed by atoms with Gasteiger partial charge in [0.15, 0.2) is 5.78 Å². The van der Waals surface area contributed by atoms with Crippen molar-refractivity contribution < 1.29 is 14.3 Å². The molecule has 2 rings (SSSR count).